The van der Waals surface area contributed by atoms with Gasteiger partial charge < -0.3 is 19.8 Å². The average Bonchev–Trinajstić information content (AvgIpc) is 3.15. The average molecular weight is 802 g/mol. The smallest absolute Gasteiger partial charge is 0.391 e. The van der Waals surface area contributed by atoms with E-state index in [1.165, 1.54) is 0 Å². The molecule has 0 aliphatic rings. The zero-order valence-electron chi connectivity index (χ0n) is 36.1. The standard InChI is InChI=1S/C47H81N2O6P/c1-6-8-10-12-13-14-15-16-17-18-19-20-21-22-23-24-25-26-27-28-29-30-31-32-33-34-35-37-39-41-47(51)48-45(46(50)40-38-36-11-9-7-2)44-55-56(52,53)54-43-42-49(3,4)5/h8,10,13-14,16-17,19-20,22-23,25-26,28-29,31-32,45-46,50H,6-7,9,11-12,15,18,21,24,27,30,33-44H2,1-5H3,(H-,48,51,52,53)/p+1/b10-8-,14-13-,17-16-,20-19-,23-22-,26-25-,29-28-,32-31-. The number of nitrogens with one attached hydrogen (secondary N) is 1. The van der Waals surface area contributed by atoms with Crippen LogP contribution in [0.3, 0.4) is 0 Å². The van der Waals surface area contributed by atoms with E-state index in [1.807, 2.05) is 21.1 Å². The number of hydrogen-bond acceptors (Lipinski definition) is 5. The Hall–Kier alpha value is -2.58. The predicted octanol–water partition coefficient (Wildman–Crippen LogP) is 12.0. The maximum atomic E-state index is 12.8. The van der Waals surface area contributed by atoms with Crippen molar-refractivity contribution in [2.24, 2.45) is 0 Å². The van der Waals surface area contributed by atoms with Crippen molar-refractivity contribution in [3.05, 3.63) is 97.2 Å². The molecular formula is C47H82N2O6P+. The maximum Gasteiger partial charge on any atom is 0.472 e. The van der Waals surface area contributed by atoms with E-state index >= 15 is 0 Å². The summed E-state index contributed by atoms with van der Waals surface area (Å²) in [6.07, 6.45) is 53.4. The van der Waals surface area contributed by atoms with Crippen LogP contribution in [0, 0.1) is 0 Å². The zero-order chi connectivity index (χ0) is 41.4. The number of hydrogen-bond donors (Lipinski definition) is 3. The molecule has 0 aliphatic heterocycles. The Morgan fingerprint density at radius 3 is 1.55 bits per heavy atom. The predicted molar refractivity (Wildman–Crippen MR) is 239 cm³/mol. The quantitative estimate of drug-likeness (QED) is 0.0250. The van der Waals surface area contributed by atoms with Crippen LogP contribution in [-0.2, 0) is 18.4 Å². The molecule has 0 bridgehead atoms. The van der Waals surface area contributed by atoms with Gasteiger partial charge in [-0.05, 0) is 77.0 Å². The van der Waals surface area contributed by atoms with E-state index in [0.29, 0.717) is 23.9 Å². The first-order chi connectivity index (χ1) is 27.0. The number of nitrogens with zero attached hydrogens (tertiary/aromatic N) is 1. The molecule has 0 aliphatic carbocycles. The number of carbonyl (C=O) groups excluding carboxylic acids is 1. The van der Waals surface area contributed by atoms with Crippen LogP contribution >= 0.6 is 7.82 Å². The van der Waals surface area contributed by atoms with E-state index < -0.39 is 20.0 Å². The van der Waals surface area contributed by atoms with E-state index in [2.05, 4.69) is 116 Å². The lowest BCUT2D eigenvalue weighted by Crippen LogP contribution is -2.46. The lowest BCUT2D eigenvalue weighted by Gasteiger charge is -2.26. The summed E-state index contributed by atoms with van der Waals surface area (Å²) in [7, 11) is 1.57. The molecule has 8 nitrogen and oxygen atoms in total. The molecule has 0 saturated carbocycles. The monoisotopic (exact) mass is 802 g/mol. The molecule has 0 aromatic carbocycles. The summed E-state index contributed by atoms with van der Waals surface area (Å²) in [4.78, 5) is 22.9. The minimum absolute atomic E-state index is 0.0624. The van der Waals surface area contributed by atoms with Crippen molar-refractivity contribution in [1.82, 2.24) is 5.32 Å². The zero-order valence-corrected chi connectivity index (χ0v) is 37.0. The number of phosphoric ester groups is 1. The molecule has 0 saturated heterocycles. The number of unbranched alkanes of at least 4 members (excludes halogenated alkanes) is 8. The lowest BCUT2D eigenvalue weighted by atomic mass is 10.0. The molecule has 9 heteroatoms. The fourth-order valence-corrected chi connectivity index (χ4v) is 6.15. The van der Waals surface area contributed by atoms with Gasteiger partial charge in [-0.3, -0.25) is 13.8 Å². The Kier molecular flexibility index (Phi) is 36.2. The first-order valence-electron chi connectivity index (χ1n) is 21.6. The second-order valence-corrected chi connectivity index (χ2v) is 16.8. The third-order valence-corrected chi connectivity index (χ3v) is 9.83. The molecule has 0 heterocycles. The molecule has 3 atom stereocenters. The Morgan fingerprint density at radius 1 is 0.625 bits per heavy atom. The third kappa shape index (κ3) is 39.6. The first-order valence-corrected chi connectivity index (χ1v) is 23.1. The number of likely N-dealkylation sites (N-methyl/N-ethyl adjacent to an activating group) is 1. The second kappa shape index (κ2) is 38.0. The van der Waals surface area contributed by atoms with Crippen LogP contribution in [0.15, 0.2) is 97.2 Å². The normalized spacial score (nSPS) is 15.3. The van der Waals surface area contributed by atoms with Crippen LogP contribution < -0.4 is 5.32 Å². The number of amides is 1. The topological polar surface area (TPSA) is 105 Å². The second-order valence-electron chi connectivity index (χ2n) is 15.3. The molecule has 0 aromatic rings. The highest BCUT2D eigenvalue weighted by atomic mass is 31.2. The number of carbonyl (C=O) groups is 1. The van der Waals surface area contributed by atoms with Crippen LogP contribution in [0.1, 0.15) is 142 Å². The molecular weight excluding hydrogens is 719 g/mol. The van der Waals surface area contributed by atoms with Gasteiger partial charge in [0, 0.05) is 6.42 Å². The number of quaternary nitrogens is 1. The number of aliphatic hydroxyl groups is 1. The third-order valence-electron chi connectivity index (χ3n) is 8.85. The van der Waals surface area contributed by atoms with Crippen molar-refractivity contribution in [3.8, 4) is 0 Å². The van der Waals surface area contributed by atoms with Crippen LogP contribution in [0.2, 0.25) is 0 Å². The minimum Gasteiger partial charge on any atom is -0.391 e. The highest BCUT2D eigenvalue weighted by Crippen LogP contribution is 2.43. The molecule has 0 rings (SSSR count). The Labute approximate surface area is 343 Å². The van der Waals surface area contributed by atoms with Gasteiger partial charge in [0.1, 0.15) is 13.2 Å². The highest BCUT2D eigenvalue weighted by Gasteiger charge is 2.28. The van der Waals surface area contributed by atoms with Crippen molar-refractivity contribution < 1.29 is 32.9 Å². The summed E-state index contributed by atoms with van der Waals surface area (Å²) in [6.45, 7) is 4.62. The summed E-state index contributed by atoms with van der Waals surface area (Å²) in [5.41, 5.74) is 0. The first kappa shape index (κ1) is 53.4. The molecule has 320 valence electrons. The molecule has 3 N–H and O–H groups in total. The lowest BCUT2D eigenvalue weighted by molar-refractivity contribution is -0.870. The largest absolute Gasteiger partial charge is 0.472 e. The van der Waals surface area contributed by atoms with Gasteiger partial charge in [-0.2, -0.15) is 0 Å². The van der Waals surface area contributed by atoms with E-state index in [-0.39, 0.29) is 19.1 Å². The van der Waals surface area contributed by atoms with Gasteiger partial charge in [0.05, 0.1) is 39.9 Å². The Morgan fingerprint density at radius 2 is 1.07 bits per heavy atom. The van der Waals surface area contributed by atoms with E-state index in [1.54, 1.807) is 0 Å². The highest BCUT2D eigenvalue weighted by molar-refractivity contribution is 7.47. The number of rotatable bonds is 37. The molecule has 0 aromatic heterocycles. The summed E-state index contributed by atoms with van der Waals surface area (Å²) in [5, 5.41) is 13.7. The molecule has 1 amide bonds. The van der Waals surface area contributed by atoms with Gasteiger partial charge >= 0.3 is 7.82 Å². The summed E-state index contributed by atoms with van der Waals surface area (Å²) in [5.74, 6) is -0.182. The van der Waals surface area contributed by atoms with E-state index in [9.17, 15) is 19.4 Å². The molecule has 0 spiro atoms. The fraction of sp³-hybridized carbons (Fsp3) is 0.638. The van der Waals surface area contributed by atoms with Gasteiger partial charge in [0.15, 0.2) is 0 Å². The number of aliphatic hydroxyl groups excluding tert-OH is 1. The summed E-state index contributed by atoms with van der Waals surface area (Å²) < 4.78 is 23.4. The Balaban J connectivity index is 4.16. The summed E-state index contributed by atoms with van der Waals surface area (Å²) >= 11 is 0. The van der Waals surface area contributed by atoms with Crippen molar-refractivity contribution in [2.45, 2.75) is 154 Å². The number of phosphoric acid groups is 1. The van der Waals surface area contributed by atoms with Crippen molar-refractivity contribution >= 4 is 13.7 Å². The fourth-order valence-electron chi connectivity index (χ4n) is 5.41. The van der Waals surface area contributed by atoms with Gasteiger partial charge in [0.2, 0.25) is 5.91 Å². The summed E-state index contributed by atoms with van der Waals surface area (Å²) in [6, 6.07) is -0.777. The molecule has 0 radical (unpaired) electrons. The van der Waals surface area contributed by atoms with Gasteiger partial charge in [-0.25, -0.2) is 4.57 Å². The van der Waals surface area contributed by atoms with Gasteiger partial charge in [0.25, 0.3) is 0 Å². The van der Waals surface area contributed by atoms with Gasteiger partial charge in [-0.15, -0.1) is 0 Å². The van der Waals surface area contributed by atoms with Crippen molar-refractivity contribution in [3.63, 3.8) is 0 Å². The van der Waals surface area contributed by atoms with Crippen LogP contribution in [-0.4, -0.2) is 73.4 Å². The van der Waals surface area contributed by atoms with Crippen LogP contribution in [0.5, 0.6) is 0 Å². The molecule has 56 heavy (non-hydrogen) atoms. The number of allylic oxidation sites excluding steroid dienone is 16. The molecule has 0 fully saturated rings. The van der Waals surface area contributed by atoms with E-state index in [0.717, 1.165) is 116 Å². The Bertz CT molecular complexity index is 1230. The maximum absolute atomic E-state index is 12.8. The van der Waals surface area contributed by atoms with Crippen molar-refractivity contribution in [1.29, 1.82) is 0 Å². The van der Waals surface area contributed by atoms with E-state index in [4.69, 9.17) is 9.05 Å². The SMILES string of the molecule is CC/C=C\C/C=C\C/C=C\C/C=C\C/C=C\C/C=C\C/C=C\C/C=C\CCCCCCC(=O)NC(COP(=O)(O)OCC[N+](C)(C)C)C(O)CCCCCCC. The van der Waals surface area contributed by atoms with Crippen molar-refractivity contribution in [2.75, 3.05) is 40.9 Å². The van der Waals surface area contributed by atoms with Gasteiger partial charge in [-0.1, -0.05) is 156 Å². The van der Waals surface area contributed by atoms with Crippen LogP contribution in [0.25, 0.3) is 0 Å². The molecule has 3 unspecified atom stereocenters. The minimum atomic E-state index is -4.31. The van der Waals surface area contributed by atoms with Crippen LogP contribution in [0.4, 0.5) is 0 Å².